The van der Waals surface area contributed by atoms with Crippen LogP contribution in [0, 0.1) is 0 Å². The Bertz CT molecular complexity index is 730. The Labute approximate surface area is 194 Å². The van der Waals surface area contributed by atoms with E-state index in [9.17, 15) is 15.0 Å². The maximum Gasteiger partial charge on any atom is 0.305 e. The summed E-state index contributed by atoms with van der Waals surface area (Å²) in [6.45, 7) is 0.172. The number of aliphatic hydroxyl groups is 2. The van der Waals surface area contributed by atoms with E-state index in [2.05, 4.69) is 14.8 Å². The summed E-state index contributed by atoms with van der Waals surface area (Å²) < 4.78 is 22.0. The fourth-order valence-corrected chi connectivity index (χ4v) is 3.71. The standard InChI is InChI=1S/C23H35N3O7/c1-30-19(28)13-9-4-2-3-5-10-14-31-23-20(25-26-24)22(21(29)18(15-27)33-23)32-16-17-11-7-6-8-12-17/h6-8,11-12,18,20-23,27,29H,2-5,9-10,13-16H2,1H3/t18-,20-,21-,22-,23-/m1/s1. The van der Waals surface area contributed by atoms with E-state index >= 15 is 0 Å². The van der Waals surface area contributed by atoms with Crippen LogP contribution in [0.3, 0.4) is 0 Å². The van der Waals surface area contributed by atoms with Crippen molar-refractivity contribution >= 4 is 5.97 Å². The number of rotatable bonds is 15. The molecule has 184 valence electrons. The van der Waals surface area contributed by atoms with E-state index in [0.717, 1.165) is 44.1 Å². The molecule has 0 radical (unpaired) electrons. The zero-order valence-corrected chi connectivity index (χ0v) is 19.1. The summed E-state index contributed by atoms with van der Waals surface area (Å²) in [5, 5.41) is 24.0. The number of hydrogen-bond donors (Lipinski definition) is 2. The average molecular weight is 466 g/mol. The molecule has 33 heavy (non-hydrogen) atoms. The van der Waals surface area contributed by atoms with Gasteiger partial charge in [-0.3, -0.25) is 4.79 Å². The van der Waals surface area contributed by atoms with Crippen molar-refractivity contribution in [2.75, 3.05) is 20.3 Å². The first-order valence-electron chi connectivity index (χ1n) is 11.4. The number of methoxy groups -OCH3 is 1. The topological polar surface area (TPSA) is 143 Å². The highest BCUT2D eigenvalue weighted by Gasteiger charge is 2.46. The van der Waals surface area contributed by atoms with Crippen LogP contribution in [0.25, 0.3) is 10.4 Å². The molecule has 0 aromatic heterocycles. The quantitative estimate of drug-likeness (QED) is 0.133. The van der Waals surface area contributed by atoms with E-state index in [0.29, 0.717) is 13.0 Å². The smallest absolute Gasteiger partial charge is 0.305 e. The molecule has 1 fully saturated rings. The number of benzene rings is 1. The third kappa shape index (κ3) is 9.29. The van der Waals surface area contributed by atoms with Gasteiger partial charge in [0.15, 0.2) is 6.29 Å². The summed E-state index contributed by atoms with van der Waals surface area (Å²) in [5.41, 5.74) is 9.95. The lowest BCUT2D eigenvalue weighted by atomic mass is 9.97. The highest BCUT2D eigenvalue weighted by molar-refractivity contribution is 5.68. The first kappa shape index (κ1) is 27.0. The van der Waals surface area contributed by atoms with Gasteiger partial charge in [-0.05, 0) is 23.9 Å². The van der Waals surface area contributed by atoms with Gasteiger partial charge in [0.2, 0.25) is 0 Å². The van der Waals surface area contributed by atoms with E-state index in [1.54, 1.807) is 0 Å². The normalized spacial score (nSPS) is 24.8. The molecule has 0 bridgehead atoms. The zero-order valence-electron chi connectivity index (χ0n) is 19.1. The van der Waals surface area contributed by atoms with Crippen LogP contribution < -0.4 is 0 Å². The van der Waals surface area contributed by atoms with Crippen molar-refractivity contribution in [1.82, 2.24) is 0 Å². The molecule has 2 rings (SSSR count). The second-order valence-corrected chi connectivity index (χ2v) is 7.99. The van der Waals surface area contributed by atoms with Gasteiger partial charge >= 0.3 is 5.97 Å². The number of esters is 1. The number of ether oxygens (including phenoxy) is 4. The largest absolute Gasteiger partial charge is 0.469 e. The molecular formula is C23H35N3O7. The predicted octanol–water partition coefficient (Wildman–Crippen LogP) is 3.25. The fourth-order valence-electron chi connectivity index (χ4n) is 3.71. The predicted molar refractivity (Wildman–Crippen MR) is 120 cm³/mol. The number of unbranched alkanes of at least 4 members (excludes halogenated alkanes) is 5. The van der Waals surface area contributed by atoms with Gasteiger partial charge in [0, 0.05) is 17.9 Å². The van der Waals surface area contributed by atoms with Gasteiger partial charge in [0.25, 0.3) is 0 Å². The molecule has 0 spiro atoms. The molecule has 0 saturated carbocycles. The van der Waals surface area contributed by atoms with Gasteiger partial charge in [0.1, 0.15) is 18.2 Å². The Balaban J connectivity index is 1.81. The van der Waals surface area contributed by atoms with Crippen LogP contribution in [0.2, 0.25) is 0 Å². The van der Waals surface area contributed by atoms with E-state index in [-0.39, 0.29) is 12.6 Å². The van der Waals surface area contributed by atoms with E-state index in [1.807, 2.05) is 30.3 Å². The Morgan fingerprint density at radius 1 is 1.12 bits per heavy atom. The van der Waals surface area contributed by atoms with Gasteiger partial charge in [0.05, 0.1) is 26.4 Å². The molecule has 0 aliphatic carbocycles. The molecule has 5 atom stereocenters. The van der Waals surface area contributed by atoms with Crippen LogP contribution in [0.4, 0.5) is 0 Å². The summed E-state index contributed by atoms with van der Waals surface area (Å²) in [6, 6.07) is 8.54. The van der Waals surface area contributed by atoms with E-state index < -0.39 is 37.3 Å². The molecule has 1 aromatic rings. The van der Waals surface area contributed by atoms with Crippen molar-refractivity contribution in [2.24, 2.45) is 5.11 Å². The van der Waals surface area contributed by atoms with Crippen molar-refractivity contribution < 1.29 is 34.0 Å². The number of aliphatic hydroxyl groups excluding tert-OH is 2. The molecule has 1 aromatic carbocycles. The highest BCUT2D eigenvalue weighted by atomic mass is 16.7. The van der Waals surface area contributed by atoms with Crippen LogP contribution in [-0.2, 0) is 30.3 Å². The molecule has 1 aliphatic heterocycles. The monoisotopic (exact) mass is 465 g/mol. The van der Waals surface area contributed by atoms with E-state index in [4.69, 9.17) is 19.7 Å². The molecule has 0 unspecified atom stereocenters. The molecule has 1 saturated heterocycles. The summed E-state index contributed by atoms with van der Waals surface area (Å²) in [5.74, 6) is -0.178. The minimum absolute atomic E-state index is 0.178. The number of carbonyl (C=O) groups excluding carboxylic acids is 1. The average Bonchev–Trinajstić information content (AvgIpc) is 2.84. The van der Waals surface area contributed by atoms with Gasteiger partial charge in [-0.1, -0.05) is 61.1 Å². The van der Waals surface area contributed by atoms with Gasteiger partial charge in [-0.2, -0.15) is 0 Å². The summed E-state index contributed by atoms with van der Waals surface area (Å²) in [4.78, 5) is 14.0. The van der Waals surface area contributed by atoms with Crippen LogP contribution in [-0.4, -0.2) is 67.1 Å². The van der Waals surface area contributed by atoms with Crippen LogP contribution >= 0.6 is 0 Å². The second-order valence-electron chi connectivity index (χ2n) is 7.99. The van der Waals surface area contributed by atoms with Crippen molar-refractivity contribution in [2.45, 2.75) is 82.2 Å². The zero-order chi connectivity index (χ0) is 23.9. The molecule has 2 N–H and O–H groups in total. The number of azide groups is 1. The fraction of sp³-hybridized carbons (Fsp3) is 0.696. The summed E-state index contributed by atoms with van der Waals surface area (Å²) >= 11 is 0. The molecule has 1 aliphatic rings. The minimum Gasteiger partial charge on any atom is -0.469 e. The van der Waals surface area contributed by atoms with Crippen LogP contribution in [0.15, 0.2) is 35.4 Å². The van der Waals surface area contributed by atoms with Gasteiger partial charge < -0.3 is 29.2 Å². The Morgan fingerprint density at radius 2 is 1.82 bits per heavy atom. The second kappa shape index (κ2) is 15.6. The van der Waals surface area contributed by atoms with E-state index in [1.165, 1.54) is 7.11 Å². The molecule has 10 nitrogen and oxygen atoms in total. The van der Waals surface area contributed by atoms with Crippen molar-refractivity contribution in [3.63, 3.8) is 0 Å². The summed E-state index contributed by atoms with van der Waals surface area (Å²) in [6.07, 6.45) is 2.11. The Hall–Kier alpha value is -2.20. The Kier molecular flexibility index (Phi) is 12.8. The number of nitrogens with zero attached hydrogens (tertiary/aromatic N) is 3. The highest BCUT2D eigenvalue weighted by Crippen LogP contribution is 2.28. The third-order valence-electron chi connectivity index (χ3n) is 5.58. The van der Waals surface area contributed by atoms with Crippen molar-refractivity contribution in [3.05, 3.63) is 46.3 Å². The lowest BCUT2D eigenvalue weighted by Gasteiger charge is -2.42. The maximum absolute atomic E-state index is 11.1. The van der Waals surface area contributed by atoms with Gasteiger partial charge in [-0.15, -0.1) is 0 Å². The van der Waals surface area contributed by atoms with Crippen LogP contribution in [0.5, 0.6) is 0 Å². The summed E-state index contributed by atoms with van der Waals surface area (Å²) in [7, 11) is 1.39. The molecule has 10 heteroatoms. The van der Waals surface area contributed by atoms with Crippen molar-refractivity contribution in [1.29, 1.82) is 0 Å². The number of carbonyl (C=O) groups is 1. The maximum atomic E-state index is 11.1. The van der Waals surface area contributed by atoms with Crippen molar-refractivity contribution in [3.8, 4) is 0 Å². The molecule has 1 heterocycles. The lowest BCUT2D eigenvalue weighted by Crippen LogP contribution is -2.59. The molecular weight excluding hydrogens is 430 g/mol. The minimum atomic E-state index is -1.17. The SMILES string of the molecule is COC(=O)CCCCCCCCO[C@@H]1O[C@H](CO)[C@@H](O)[C@H](OCc2ccccc2)[C@H]1N=[N+]=[N-]. The lowest BCUT2D eigenvalue weighted by molar-refractivity contribution is -0.274. The van der Waals surface area contributed by atoms with Crippen LogP contribution in [0.1, 0.15) is 50.5 Å². The third-order valence-corrected chi connectivity index (χ3v) is 5.58. The van der Waals surface area contributed by atoms with Gasteiger partial charge in [-0.25, -0.2) is 0 Å². The first-order valence-corrected chi connectivity index (χ1v) is 11.4. The Morgan fingerprint density at radius 3 is 2.48 bits per heavy atom. The molecule has 0 amide bonds. The first-order chi connectivity index (χ1) is 16.1. The number of hydrogen-bond acceptors (Lipinski definition) is 8.